The molecule has 84 valence electrons. The maximum Gasteiger partial charge on any atom is 0.122 e. The summed E-state index contributed by atoms with van der Waals surface area (Å²) >= 11 is 0. The van der Waals surface area contributed by atoms with Crippen LogP contribution in [0.4, 0.5) is 0 Å². The van der Waals surface area contributed by atoms with Crippen LogP contribution in [0.25, 0.3) is 0 Å². The zero-order chi connectivity index (χ0) is 10.8. The lowest BCUT2D eigenvalue weighted by molar-refractivity contribution is 0.158. The van der Waals surface area contributed by atoms with E-state index in [1.807, 2.05) is 19.4 Å². The van der Waals surface area contributed by atoms with E-state index in [9.17, 15) is 0 Å². The number of piperidine rings is 1. The van der Waals surface area contributed by atoms with Crippen molar-refractivity contribution in [2.75, 3.05) is 13.1 Å². The van der Waals surface area contributed by atoms with Crippen molar-refractivity contribution < 1.29 is 0 Å². The number of likely N-dealkylation sites (tertiary alicyclic amines) is 1. The van der Waals surface area contributed by atoms with Gasteiger partial charge in [0.25, 0.3) is 0 Å². The Hall–Kier alpha value is -0.870. The normalized spacial score (nSPS) is 28.2. The van der Waals surface area contributed by atoms with Crippen molar-refractivity contribution in [3.8, 4) is 0 Å². The second-order valence-corrected chi connectivity index (χ2v) is 4.62. The van der Waals surface area contributed by atoms with Gasteiger partial charge in [-0.15, -0.1) is 0 Å². The van der Waals surface area contributed by atoms with Gasteiger partial charge in [0, 0.05) is 32.0 Å². The zero-order valence-electron chi connectivity index (χ0n) is 9.56. The van der Waals surface area contributed by atoms with E-state index in [-0.39, 0.29) is 0 Å². The third-order valence-electron chi connectivity index (χ3n) is 3.39. The standard InChI is InChI=1S/C11H20N4/c1-9-3-5-15(7-10(9)12)8-11-13-4-6-14(11)2/h4,6,9-10H,3,5,7-8,12H2,1-2H3. The lowest BCUT2D eigenvalue weighted by Crippen LogP contribution is -2.47. The van der Waals surface area contributed by atoms with Gasteiger partial charge in [0.15, 0.2) is 0 Å². The molecule has 2 N–H and O–H groups in total. The number of hydrogen-bond acceptors (Lipinski definition) is 3. The third-order valence-corrected chi connectivity index (χ3v) is 3.39. The van der Waals surface area contributed by atoms with Gasteiger partial charge in [0.05, 0.1) is 6.54 Å². The average molecular weight is 208 g/mol. The first-order valence-electron chi connectivity index (χ1n) is 5.61. The second-order valence-electron chi connectivity index (χ2n) is 4.62. The van der Waals surface area contributed by atoms with Crippen molar-refractivity contribution in [3.63, 3.8) is 0 Å². The van der Waals surface area contributed by atoms with E-state index in [2.05, 4.69) is 21.4 Å². The molecule has 1 aliphatic rings. The highest BCUT2D eigenvalue weighted by molar-refractivity contribution is 4.92. The molecule has 0 spiro atoms. The smallest absolute Gasteiger partial charge is 0.122 e. The summed E-state index contributed by atoms with van der Waals surface area (Å²) in [6, 6.07) is 0.319. The summed E-state index contributed by atoms with van der Waals surface area (Å²) in [5.74, 6) is 1.78. The van der Waals surface area contributed by atoms with Crippen molar-refractivity contribution in [2.45, 2.75) is 25.9 Å². The molecule has 15 heavy (non-hydrogen) atoms. The van der Waals surface area contributed by atoms with Crippen LogP contribution in [0.15, 0.2) is 12.4 Å². The fourth-order valence-corrected chi connectivity index (χ4v) is 2.06. The van der Waals surface area contributed by atoms with E-state index in [1.165, 1.54) is 6.42 Å². The maximum absolute atomic E-state index is 6.07. The summed E-state index contributed by atoms with van der Waals surface area (Å²) in [5.41, 5.74) is 6.07. The molecule has 0 amide bonds. The minimum absolute atomic E-state index is 0.319. The third kappa shape index (κ3) is 2.38. The molecule has 1 aromatic rings. The lowest BCUT2D eigenvalue weighted by atomic mass is 9.94. The molecule has 0 radical (unpaired) electrons. The van der Waals surface area contributed by atoms with E-state index < -0.39 is 0 Å². The Labute approximate surface area is 91.1 Å². The highest BCUT2D eigenvalue weighted by Crippen LogP contribution is 2.16. The molecule has 2 heterocycles. The molecular formula is C11H20N4. The van der Waals surface area contributed by atoms with Crippen LogP contribution < -0.4 is 5.73 Å². The predicted molar refractivity (Wildman–Crippen MR) is 60.2 cm³/mol. The average Bonchev–Trinajstić information content (AvgIpc) is 2.59. The van der Waals surface area contributed by atoms with E-state index in [0.717, 1.165) is 25.5 Å². The predicted octanol–water partition coefficient (Wildman–Crippen LogP) is 0.589. The minimum Gasteiger partial charge on any atom is -0.337 e. The first-order valence-corrected chi connectivity index (χ1v) is 5.61. The summed E-state index contributed by atoms with van der Waals surface area (Å²) in [6.45, 7) is 5.29. The van der Waals surface area contributed by atoms with Gasteiger partial charge in [-0.05, 0) is 18.9 Å². The minimum atomic E-state index is 0.319. The first-order chi connectivity index (χ1) is 7.16. The molecule has 0 saturated carbocycles. The van der Waals surface area contributed by atoms with E-state index >= 15 is 0 Å². The summed E-state index contributed by atoms with van der Waals surface area (Å²) in [6.07, 6.45) is 5.04. The van der Waals surface area contributed by atoms with Gasteiger partial charge >= 0.3 is 0 Å². The van der Waals surface area contributed by atoms with Crippen LogP contribution in [0.3, 0.4) is 0 Å². The summed E-state index contributed by atoms with van der Waals surface area (Å²) in [4.78, 5) is 6.73. The van der Waals surface area contributed by atoms with Crippen LogP contribution >= 0.6 is 0 Å². The molecule has 1 saturated heterocycles. The molecule has 0 aromatic carbocycles. The number of nitrogens with two attached hydrogens (primary N) is 1. The van der Waals surface area contributed by atoms with Gasteiger partial charge in [-0.25, -0.2) is 4.98 Å². The van der Waals surface area contributed by atoms with Crippen LogP contribution in [0.2, 0.25) is 0 Å². The largest absolute Gasteiger partial charge is 0.337 e. The van der Waals surface area contributed by atoms with Crippen LogP contribution in [0.5, 0.6) is 0 Å². The van der Waals surface area contributed by atoms with Gasteiger partial charge in [-0.1, -0.05) is 6.92 Å². The number of rotatable bonds is 2. The van der Waals surface area contributed by atoms with Crippen molar-refractivity contribution in [2.24, 2.45) is 18.7 Å². The first kappa shape index (κ1) is 10.6. The maximum atomic E-state index is 6.07. The van der Waals surface area contributed by atoms with Gasteiger partial charge in [-0.3, -0.25) is 4.90 Å². The summed E-state index contributed by atoms with van der Waals surface area (Å²) < 4.78 is 2.07. The number of aryl methyl sites for hydroxylation is 1. The highest BCUT2D eigenvalue weighted by Gasteiger charge is 2.23. The quantitative estimate of drug-likeness (QED) is 0.774. The second kappa shape index (κ2) is 4.33. The van der Waals surface area contributed by atoms with Crippen LogP contribution in [0, 0.1) is 5.92 Å². The Bertz CT molecular complexity index is 320. The Morgan fingerprint density at radius 3 is 3.00 bits per heavy atom. The van der Waals surface area contributed by atoms with Gasteiger partial charge in [-0.2, -0.15) is 0 Å². The zero-order valence-corrected chi connectivity index (χ0v) is 9.56. The number of imidazole rings is 1. The number of nitrogens with zero attached hydrogens (tertiary/aromatic N) is 3. The molecule has 0 aliphatic carbocycles. The van der Waals surface area contributed by atoms with Crippen LogP contribution in [-0.2, 0) is 13.6 Å². The molecule has 1 fully saturated rings. The molecule has 2 unspecified atom stereocenters. The lowest BCUT2D eigenvalue weighted by Gasteiger charge is -2.34. The molecule has 4 heteroatoms. The van der Waals surface area contributed by atoms with E-state index in [0.29, 0.717) is 12.0 Å². The Kier molecular flexibility index (Phi) is 3.07. The molecule has 1 aromatic heterocycles. The molecule has 0 bridgehead atoms. The molecule has 4 nitrogen and oxygen atoms in total. The molecule has 1 aliphatic heterocycles. The SMILES string of the molecule is CC1CCN(Cc2nccn2C)CC1N. The van der Waals surface area contributed by atoms with Crippen molar-refractivity contribution in [1.29, 1.82) is 0 Å². The monoisotopic (exact) mass is 208 g/mol. The Morgan fingerprint density at radius 2 is 2.40 bits per heavy atom. The molecular weight excluding hydrogens is 188 g/mol. The van der Waals surface area contributed by atoms with E-state index in [4.69, 9.17) is 5.73 Å². The summed E-state index contributed by atoms with van der Waals surface area (Å²) in [5, 5.41) is 0. The molecule has 2 rings (SSSR count). The number of aromatic nitrogens is 2. The highest BCUT2D eigenvalue weighted by atomic mass is 15.2. The summed E-state index contributed by atoms with van der Waals surface area (Å²) in [7, 11) is 2.04. The van der Waals surface area contributed by atoms with Crippen molar-refractivity contribution in [1.82, 2.24) is 14.5 Å². The fourth-order valence-electron chi connectivity index (χ4n) is 2.06. The Balaban J connectivity index is 1.94. The Morgan fingerprint density at radius 1 is 1.60 bits per heavy atom. The van der Waals surface area contributed by atoms with E-state index in [1.54, 1.807) is 0 Å². The van der Waals surface area contributed by atoms with Crippen LogP contribution in [0.1, 0.15) is 19.2 Å². The number of hydrogen-bond donors (Lipinski definition) is 1. The van der Waals surface area contributed by atoms with Crippen molar-refractivity contribution >= 4 is 0 Å². The van der Waals surface area contributed by atoms with Crippen LogP contribution in [-0.4, -0.2) is 33.6 Å². The fraction of sp³-hybridized carbons (Fsp3) is 0.727. The molecule has 2 atom stereocenters. The van der Waals surface area contributed by atoms with Gasteiger partial charge in [0.1, 0.15) is 5.82 Å². The van der Waals surface area contributed by atoms with Crippen molar-refractivity contribution in [3.05, 3.63) is 18.2 Å². The van der Waals surface area contributed by atoms with Gasteiger partial charge in [0.2, 0.25) is 0 Å². The van der Waals surface area contributed by atoms with Gasteiger partial charge < -0.3 is 10.3 Å². The topological polar surface area (TPSA) is 47.1 Å².